The predicted octanol–water partition coefficient (Wildman–Crippen LogP) is 8.10. The SMILES string of the molecule is CCCCCCCC/C=C\CCCCCCCC(=O)O.CCCCCCCC/C=C\CCCCCCCC(=O)O.OCC(CO)(CO)CO.OCC(CO)(CO)CO. The molecule has 0 heterocycles. The molecule has 0 aromatic heterocycles. The van der Waals surface area contributed by atoms with Gasteiger partial charge in [-0.15, -0.1) is 0 Å². The van der Waals surface area contributed by atoms with Crippen molar-refractivity contribution in [2.75, 3.05) is 52.9 Å². The largest absolute Gasteiger partial charge is 0.481 e. The number of aliphatic carboxylic acids is 2. The zero-order valence-corrected chi connectivity index (χ0v) is 37.1. The van der Waals surface area contributed by atoms with Crippen LogP contribution in [-0.4, -0.2) is 116 Å². The molecule has 0 saturated carbocycles. The van der Waals surface area contributed by atoms with Gasteiger partial charge in [-0.3, -0.25) is 9.59 Å². The first-order chi connectivity index (χ1) is 28.0. The first-order valence-corrected chi connectivity index (χ1v) is 22.6. The number of allylic oxidation sites excluding steroid dienone is 4. The van der Waals surface area contributed by atoms with Crippen LogP contribution in [0.4, 0.5) is 0 Å². The van der Waals surface area contributed by atoms with Gasteiger partial charge in [-0.05, 0) is 64.2 Å². The predicted molar refractivity (Wildman–Crippen MR) is 236 cm³/mol. The summed E-state index contributed by atoms with van der Waals surface area (Å²) in [6.45, 7) is 1.27. The third kappa shape index (κ3) is 48.5. The number of carboxylic acids is 2. The Bertz CT molecular complexity index is 768. The highest BCUT2D eigenvalue weighted by molar-refractivity contribution is 5.66. The fourth-order valence-corrected chi connectivity index (χ4v) is 5.29. The molecule has 12 nitrogen and oxygen atoms in total. The van der Waals surface area contributed by atoms with Crippen LogP contribution in [0.1, 0.15) is 194 Å². The summed E-state index contributed by atoms with van der Waals surface area (Å²) in [6, 6.07) is 0. The molecule has 0 radical (unpaired) electrons. The fourth-order valence-electron chi connectivity index (χ4n) is 5.29. The summed E-state index contributed by atoms with van der Waals surface area (Å²) in [5.41, 5.74) is -2.22. The second kappa shape index (κ2) is 51.2. The minimum atomic E-state index is -1.11. The number of rotatable bonds is 38. The van der Waals surface area contributed by atoms with Crippen molar-refractivity contribution in [1.82, 2.24) is 0 Å². The molecule has 0 amide bonds. The smallest absolute Gasteiger partial charge is 0.303 e. The molecular weight excluding hydrogens is 744 g/mol. The van der Waals surface area contributed by atoms with E-state index in [1.165, 1.54) is 141 Å². The maximum Gasteiger partial charge on any atom is 0.303 e. The lowest BCUT2D eigenvalue weighted by Gasteiger charge is -2.23. The van der Waals surface area contributed by atoms with E-state index in [0.29, 0.717) is 12.8 Å². The van der Waals surface area contributed by atoms with Crippen LogP contribution >= 0.6 is 0 Å². The highest BCUT2D eigenvalue weighted by Gasteiger charge is 2.27. The number of hydrogen-bond acceptors (Lipinski definition) is 10. The number of unbranched alkanes of at least 4 members (excludes halogenated alkanes) is 22. The Morgan fingerprint density at radius 3 is 0.690 bits per heavy atom. The molecule has 0 atom stereocenters. The molecule has 0 aliphatic rings. The topological polar surface area (TPSA) is 236 Å². The van der Waals surface area contributed by atoms with Crippen LogP contribution in [0.3, 0.4) is 0 Å². The van der Waals surface area contributed by atoms with E-state index in [2.05, 4.69) is 38.2 Å². The summed E-state index contributed by atoms with van der Waals surface area (Å²) in [5.74, 6) is -1.33. The Morgan fingerprint density at radius 1 is 0.328 bits per heavy atom. The lowest BCUT2D eigenvalue weighted by atomic mass is 9.93. The standard InChI is InChI=1S/2C18H34O2.2C5H12O4/c2*1-2-3-4-5-6-7-8-9-10-11-12-13-14-15-16-17-18(19)20;2*6-1-5(2-7,3-8)4-9/h2*9-10H,2-8,11-17H2,1H3,(H,19,20);2*6-9H,1-4H2/b2*10-9-;;. The first kappa shape index (κ1) is 62.7. The van der Waals surface area contributed by atoms with Gasteiger partial charge < -0.3 is 51.1 Å². The van der Waals surface area contributed by atoms with E-state index in [9.17, 15) is 9.59 Å². The van der Waals surface area contributed by atoms with Crippen molar-refractivity contribution in [3.63, 3.8) is 0 Å². The van der Waals surface area contributed by atoms with E-state index in [-0.39, 0.29) is 0 Å². The van der Waals surface area contributed by atoms with Gasteiger partial charge in [0.05, 0.1) is 63.7 Å². The Morgan fingerprint density at radius 2 is 0.517 bits per heavy atom. The monoisotopic (exact) mass is 837 g/mol. The molecule has 0 aliphatic carbocycles. The van der Waals surface area contributed by atoms with Crippen LogP contribution < -0.4 is 0 Å². The third-order valence-corrected chi connectivity index (χ3v) is 9.99. The van der Waals surface area contributed by atoms with Crippen LogP contribution in [0.15, 0.2) is 24.3 Å². The summed E-state index contributed by atoms with van der Waals surface area (Å²) in [7, 11) is 0. The van der Waals surface area contributed by atoms with Gasteiger partial charge in [0, 0.05) is 12.8 Å². The second-order valence-electron chi connectivity index (χ2n) is 15.7. The molecule has 0 fully saturated rings. The maximum absolute atomic E-state index is 10.3. The van der Waals surface area contributed by atoms with E-state index in [1.807, 2.05) is 0 Å². The van der Waals surface area contributed by atoms with Gasteiger partial charge in [-0.1, -0.05) is 141 Å². The number of carboxylic acid groups (broad SMARTS) is 2. The van der Waals surface area contributed by atoms with Crippen molar-refractivity contribution >= 4 is 11.9 Å². The molecule has 348 valence electrons. The van der Waals surface area contributed by atoms with Crippen molar-refractivity contribution in [3.05, 3.63) is 24.3 Å². The highest BCUT2D eigenvalue weighted by Crippen LogP contribution is 2.14. The van der Waals surface area contributed by atoms with E-state index in [4.69, 9.17) is 51.1 Å². The Labute approximate surface area is 353 Å². The molecule has 58 heavy (non-hydrogen) atoms. The molecule has 0 bridgehead atoms. The lowest BCUT2D eigenvalue weighted by molar-refractivity contribution is -0.138. The van der Waals surface area contributed by atoms with Crippen molar-refractivity contribution in [2.45, 2.75) is 194 Å². The van der Waals surface area contributed by atoms with Crippen LogP contribution in [-0.2, 0) is 9.59 Å². The molecule has 10 N–H and O–H groups in total. The average Bonchev–Trinajstić information content (AvgIpc) is 3.23. The Kier molecular flexibility index (Phi) is 55.4. The number of aliphatic hydroxyl groups is 8. The van der Waals surface area contributed by atoms with Crippen molar-refractivity contribution in [3.8, 4) is 0 Å². The van der Waals surface area contributed by atoms with E-state index in [0.717, 1.165) is 25.7 Å². The Hall–Kier alpha value is -1.90. The van der Waals surface area contributed by atoms with Gasteiger partial charge in [0.15, 0.2) is 0 Å². The molecule has 0 aliphatic heterocycles. The normalized spacial score (nSPS) is 11.5. The number of carbonyl (C=O) groups is 2. The maximum atomic E-state index is 10.3. The van der Waals surface area contributed by atoms with Crippen LogP contribution in [0.5, 0.6) is 0 Å². The summed E-state index contributed by atoms with van der Waals surface area (Å²) in [4.78, 5) is 20.6. The molecule has 0 saturated heterocycles. The molecule has 0 rings (SSSR count). The van der Waals surface area contributed by atoms with Crippen LogP contribution in [0.2, 0.25) is 0 Å². The molecule has 12 heteroatoms. The minimum Gasteiger partial charge on any atom is -0.481 e. The summed E-state index contributed by atoms with van der Waals surface area (Å²) in [6.07, 6.45) is 42.5. The average molecular weight is 837 g/mol. The molecule has 0 aromatic carbocycles. The molecule has 0 spiro atoms. The summed E-state index contributed by atoms with van der Waals surface area (Å²) < 4.78 is 0. The van der Waals surface area contributed by atoms with Gasteiger partial charge in [0.1, 0.15) is 0 Å². The zero-order chi connectivity index (χ0) is 44.4. The van der Waals surface area contributed by atoms with Crippen molar-refractivity contribution in [1.29, 1.82) is 0 Å². The first-order valence-electron chi connectivity index (χ1n) is 22.6. The van der Waals surface area contributed by atoms with Gasteiger partial charge in [-0.25, -0.2) is 0 Å². The minimum absolute atomic E-state index is 0.332. The summed E-state index contributed by atoms with van der Waals surface area (Å²) in [5, 5.41) is 85.0. The van der Waals surface area contributed by atoms with Crippen LogP contribution in [0, 0.1) is 10.8 Å². The third-order valence-electron chi connectivity index (χ3n) is 9.99. The Balaban J connectivity index is -0.000000358. The summed E-state index contributed by atoms with van der Waals surface area (Å²) >= 11 is 0. The molecular formula is C46H92O12. The van der Waals surface area contributed by atoms with Crippen molar-refractivity contribution in [2.24, 2.45) is 10.8 Å². The van der Waals surface area contributed by atoms with Crippen molar-refractivity contribution < 1.29 is 60.7 Å². The van der Waals surface area contributed by atoms with Gasteiger partial charge in [0.25, 0.3) is 0 Å². The van der Waals surface area contributed by atoms with E-state index < -0.39 is 75.6 Å². The van der Waals surface area contributed by atoms with E-state index >= 15 is 0 Å². The number of aliphatic hydroxyl groups excluding tert-OH is 8. The zero-order valence-electron chi connectivity index (χ0n) is 37.1. The molecule has 0 unspecified atom stereocenters. The molecule has 0 aromatic rings. The number of hydrogen-bond donors (Lipinski definition) is 10. The van der Waals surface area contributed by atoms with Crippen LogP contribution in [0.25, 0.3) is 0 Å². The van der Waals surface area contributed by atoms with E-state index in [1.54, 1.807) is 0 Å². The van der Waals surface area contributed by atoms with Gasteiger partial charge in [-0.2, -0.15) is 0 Å². The highest BCUT2D eigenvalue weighted by atomic mass is 16.4. The lowest BCUT2D eigenvalue weighted by Crippen LogP contribution is -2.37. The second-order valence-corrected chi connectivity index (χ2v) is 15.7. The quantitative estimate of drug-likeness (QED) is 0.0210. The van der Waals surface area contributed by atoms with Gasteiger partial charge >= 0.3 is 11.9 Å². The fraction of sp³-hybridized carbons (Fsp3) is 0.870. The van der Waals surface area contributed by atoms with Gasteiger partial charge in [0.2, 0.25) is 0 Å².